The van der Waals surface area contributed by atoms with Crippen LogP contribution in [-0.4, -0.2) is 82.6 Å². The molecule has 0 radical (unpaired) electrons. The summed E-state index contributed by atoms with van der Waals surface area (Å²) in [4.78, 5) is 57.9. The third-order valence-corrected chi connectivity index (χ3v) is 10.2. The van der Waals surface area contributed by atoms with Gasteiger partial charge in [0.05, 0.1) is 36.7 Å². The Morgan fingerprint density at radius 1 is 1.05 bits per heavy atom. The molecular formula is C37H41N7O9S2. The number of carbonyl (C=O) groups is 4. The zero-order valence-corrected chi connectivity index (χ0v) is 32.2. The lowest BCUT2D eigenvalue weighted by Gasteiger charge is -2.27. The fourth-order valence-electron chi connectivity index (χ4n) is 6.39. The maximum atomic E-state index is 13.9. The van der Waals surface area contributed by atoms with Crippen molar-refractivity contribution in [3.05, 3.63) is 89.4 Å². The molecule has 1 unspecified atom stereocenters. The lowest BCUT2D eigenvalue weighted by molar-refractivity contribution is -0.116. The Morgan fingerprint density at radius 3 is 2.55 bits per heavy atom. The van der Waals surface area contributed by atoms with Crippen molar-refractivity contribution in [2.24, 2.45) is 7.05 Å². The maximum Gasteiger partial charge on any atom is 0.288 e. The number of nitrogens with zero attached hydrogens (tertiary/aromatic N) is 3. The first-order chi connectivity index (χ1) is 26.0. The zero-order chi connectivity index (χ0) is 39.7. The molecule has 2 aromatic heterocycles. The molecule has 2 aliphatic rings. The summed E-state index contributed by atoms with van der Waals surface area (Å²) in [6.07, 6.45) is 2.08. The monoisotopic (exact) mass is 791 g/mol. The van der Waals surface area contributed by atoms with Crippen molar-refractivity contribution in [3.8, 4) is 11.5 Å². The molecule has 0 saturated heterocycles. The Balaban J connectivity index is 1.06. The topological polar surface area (TPSA) is 210 Å². The van der Waals surface area contributed by atoms with Crippen LogP contribution < -0.4 is 35.6 Å². The first-order valence-electron chi connectivity index (χ1n) is 17.3. The third kappa shape index (κ3) is 8.87. The quantitative estimate of drug-likeness (QED) is 0.0644. The van der Waals surface area contributed by atoms with Gasteiger partial charge in [0.15, 0.2) is 16.9 Å². The van der Waals surface area contributed by atoms with Gasteiger partial charge >= 0.3 is 0 Å². The van der Waals surface area contributed by atoms with Crippen LogP contribution in [0.25, 0.3) is 0 Å². The second-order valence-electron chi connectivity index (χ2n) is 13.8. The summed E-state index contributed by atoms with van der Waals surface area (Å²) in [5, 5.41) is 9.53. The molecule has 0 aliphatic carbocycles. The molecule has 2 atom stereocenters. The number of para-hydroxylation sites is 1. The minimum Gasteiger partial charge on any atom is -0.493 e. The molecule has 0 spiro atoms. The standard InChI is InChI=1S/C37H41N7O9S2/c1-37(2,54)20-38-34(47)27-16-22(19-43(27)3)39-33(46)24-10-7-12-31(40-24)42-32(45)13-8-14-53-30-18-25-23(17-29(30)52-4)36(48)44-26-11-6-5-9-21(26)15-28(44)35(41-25)55(49,50)51/h5-7,9-12,16-19,28,35,41,54H,8,13-15,20H2,1-4H3,(H,38,47)(H,39,46)(H,40,42,45)(H,49,50,51)/t28-,35?/m0/s1. The number of pyridine rings is 1. The molecule has 16 nitrogen and oxygen atoms in total. The molecule has 55 heavy (non-hydrogen) atoms. The summed E-state index contributed by atoms with van der Waals surface area (Å²) in [7, 11) is -1.59. The third-order valence-electron chi connectivity index (χ3n) is 8.96. The van der Waals surface area contributed by atoms with Gasteiger partial charge in [0.1, 0.15) is 17.2 Å². The van der Waals surface area contributed by atoms with Crippen LogP contribution in [0.3, 0.4) is 0 Å². The molecule has 0 bridgehead atoms. The lowest BCUT2D eigenvalue weighted by Crippen LogP contribution is -2.49. The van der Waals surface area contributed by atoms with E-state index in [2.05, 4.69) is 38.9 Å². The zero-order valence-electron chi connectivity index (χ0n) is 30.5. The van der Waals surface area contributed by atoms with E-state index in [0.717, 1.165) is 5.56 Å². The van der Waals surface area contributed by atoms with Crippen LogP contribution in [0.15, 0.2) is 66.9 Å². The van der Waals surface area contributed by atoms with Crippen LogP contribution in [-0.2, 0) is 28.4 Å². The highest BCUT2D eigenvalue weighted by molar-refractivity contribution is 7.86. The van der Waals surface area contributed by atoms with Crippen LogP contribution in [0.1, 0.15) is 63.6 Å². The van der Waals surface area contributed by atoms with E-state index in [9.17, 15) is 32.1 Å². The van der Waals surface area contributed by atoms with Gasteiger partial charge in [0.25, 0.3) is 27.8 Å². The van der Waals surface area contributed by atoms with E-state index in [0.29, 0.717) is 23.6 Å². The summed E-state index contributed by atoms with van der Waals surface area (Å²) in [6, 6.07) is 15.2. The first-order valence-corrected chi connectivity index (χ1v) is 19.2. The Bertz CT molecular complexity index is 2270. The molecule has 6 rings (SSSR count). The minimum atomic E-state index is -4.67. The summed E-state index contributed by atoms with van der Waals surface area (Å²) in [5.74, 6) is -1.17. The largest absolute Gasteiger partial charge is 0.493 e. The number of aromatic nitrogens is 2. The van der Waals surface area contributed by atoms with Gasteiger partial charge in [-0.25, -0.2) is 4.98 Å². The van der Waals surface area contributed by atoms with Gasteiger partial charge in [-0.3, -0.25) is 23.7 Å². The minimum absolute atomic E-state index is 0.0161. The highest BCUT2D eigenvalue weighted by Gasteiger charge is 2.47. The van der Waals surface area contributed by atoms with Crippen molar-refractivity contribution in [3.63, 3.8) is 0 Å². The predicted octanol–water partition coefficient (Wildman–Crippen LogP) is 4.13. The maximum absolute atomic E-state index is 13.9. The Labute approximate surface area is 323 Å². The van der Waals surface area contributed by atoms with Crippen molar-refractivity contribution < 1.29 is 41.6 Å². The fourth-order valence-corrected chi connectivity index (χ4v) is 7.36. The van der Waals surface area contributed by atoms with Gasteiger partial charge in [-0.2, -0.15) is 21.0 Å². The Kier molecular flexibility index (Phi) is 11.1. The molecule has 4 amide bonds. The molecule has 290 valence electrons. The number of benzene rings is 2. The van der Waals surface area contributed by atoms with E-state index >= 15 is 0 Å². The van der Waals surface area contributed by atoms with Gasteiger partial charge in [-0.15, -0.1) is 0 Å². The molecular weight excluding hydrogens is 751 g/mol. The van der Waals surface area contributed by atoms with Crippen LogP contribution >= 0.6 is 12.6 Å². The van der Waals surface area contributed by atoms with E-state index < -0.39 is 44.0 Å². The van der Waals surface area contributed by atoms with Crippen molar-refractivity contribution in [2.45, 2.75) is 49.3 Å². The lowest BCUT2D eigenvalue weighted by atomic mass is 10.1. The number of carbonyl (C=O) groups excluding carboxylic acids is 4. The number of aryl methyl sites for hydroxylation is 1. The summed E-state index contributed by atoms with van der Waals surface area (Å²) in [6.45, 7) is 4.14. The number of hydrogen-bond acceptors (Lipinski definition) is 11. The van der Waals surface area contributed by atoms with Crippen molar-refractivity contribution in [2.75, 3.05) is 41.1 Å². The molecule has 18 heteroatoms. The number of methoxy groups -OCH3 is 1. The van der Waals surface area contributed by atoms with Crippen LogP contribution in [0, 0.1) is 0 Å². The van der Waals surface area contributed by atoms with E-state index in [1.807, 2.05) is 19.9 Å². The number of hydrogen-bond donors (Lipinski definition) is 6. The summed E-state index contributed by atoms with van der Waals surface area (Å²) in [5.41, 5.74) is 2.36. The molecule has 2 aliphatic heterocycles. The number of ether oxygens (including phenoxy) is 2. The predicted molar refractivity (Wildman–Crippen MR) is 209 cm³/mol. The molecule has 2 aromatic carbocycles. The molecule has 0 saturated carbocycles. The van der Waals surface area contributed by atoms with Crippen LogP contribution in [0.5, 0.6) is 11.5 Å². The molecule has 4 aromatic rings. The number of amides is 4. The van der Waals surface area contributed by atoms with Crippen molar-refractivity contribution in [1.29, 1.82) is 0 Å². The average Bonchev–Trinajstić information content (AvgIpc) is 3.66. The van der Waals surface area contributed by atoms with Gasteiger partial charge in [0, 0.05) is 42.7 Å². The molecule has 5 N–H and O–H groups in total. The Morgan fingerprint density at radius 2 is 1.82 bits per heavy atom. The van der Waals surface area contributed by atoms with Gasteiger partial charge < -0.3 is 40.2 Å². The summed E-state index contributed by atoms with van der Waals surface area (Å²) < 4.78 is 48.0. The average molecular weight is 792 g/mol. The number of thiol groups is 1. The number of anilines is 4. The first kappa shape index (κ1) is 39.1. The summed E-state index contributed by atoms with van der Waals surface area (Å²) >= 11 is 4.42. The highest BCUT2D eigenvalue weighted by Crippen LogP contribution is 2.42. The Hall–Kier alpha value is -5.59. The van der Waals surface area contributed by atoms with E-state index in [1.165, 1.54) is 36.3 Å². The highest BCUT2D eigenvalue weighted by atomic mass is 32.2. The molecule has 4 heterocycles. The van der Waals surface area contributed by atoms with Gasteiger partial charge in [-0.05, 0) is 62.6 Å². The van der Waals surface area contributed by atoms with E-state index in [1.54, 1.807) is 48.1 Å². The van der Waals surface area contributed by atoms with Gasteiger partial charge in [-0.1, -0.05) is 24.3 Å². The second kappa shape index (κ2) is 15.6. The van der Waals surface area contributed by atoms with Crippen LogP contribution in [0.4, 0.5) is 22.9 Å². The van der Waals surface area contributed by atoms with E-state index in [4.69, 9.17) is 9.47 Å². The normalized spacial score (nSPS) is 16.2. The number of fused-ring (bicyclic) bond motifs is 4. The van der Waals surface area contributed by atoms with Crippen molar-refractivity contribution >= 4 is 69.3 Å². The number of rotatable bonds is 13. The van der Waals surface area contributed by atoms with Gasteiger partial charge in [0.2, 0.25) is 5.91 Å². The SMILES string of the molecule is COc1cc2c(cc1OCCCC(=O)Nc1cccc(C(=O)Nc3cc(C(=O)NCC(C)(C)S)n(C)c3)n1)NC(S(=O)(=O)O)[C@@H]1Cc3ccccc3N1C2=O. The second-order valence-corrected chi connectivity index (χ2v) is 16.5. The molecule has 0 fully saturated rings. The smallest absolute Gasteiger partial charge is 0.288 e. The van der Waals surface area contributed by atoms with E-state index in [-0.39, 0.29) is 66.0 Å². The van der Waals surface area contributed by atoms with Crippen LogP contribution in [0.2, 0.25) is 0 Å². The number of nitrogens with one attached hydrogen (secondary N) is 4. The van der Waals surface area contributed by atoms with Crippen molar-refractivity contribution in [1.82, 2.24) is 14.9 Å². The fraction of sp³-hybridized carbons (Fsp3) is 0.324.